The van der Waals surface area contributed by atoms with Gasteiger partial charge in [-0.2, -0.15) is 40.2 Å². The molecule has 11 nitrogen and oxygen atoms in total. The lowest BCUT2D eigenvalue weighted by Crippen LogP contribution is -2.60. The molecule has 0 radical (unpaired) electrons. The molecule has 1 spiro atoms. The number of nitrogens with zero attached hydrogens (tertiary/aromatic N) is 4. The number of ether oxygens (including phenoxy) is 2. The van der Waals surface area contributed by atoms with Crippen molar-refractivity contribution in [1.29, 1.82) is 0 Å². The first kappa shape index (κ1) is 30.3. The zero-order chi connectivity index (χ0) is 31.5. The van der Waals surface area contributed by atoms with Gasteiger partial charge in [-0.25, -0.2) is 9.20 Å². The fourth-order valence-electron chi connectivity index (χ4n) is 5.30. The molecule has 2 aliphatic rings. The molecule has 0 atom stereocenters. The molecule has 43 heavy (non-hydrogen) atoms. The van der Waals surface area contributed by atoms with Crippen LogP contribution >= 0.6 is 0 Å². The van der Waals surface area contributed by atoms with Gasteiger partial charge in [0.25, 0.3) is 17.4 Å². The van der Waals surface area contributed by atoms with Crippen molar-refractivity contribution in [2.75, 3.05) is 6.61 Å². The Morgan fingerprint density at radius 1 is 1.07 bits per heavy atom. The molecule has 234 valence electrons. The van der Waals surface area contributed by atoms with Gasteiger partial charge in [0.1, 0.15) is 24.0 Å². The first-order valence-electron chi connectivity index (χ1n) is 12.5. The Hall–Kier alpha value is -4.16. The quantitative estimate of drug-likeness (QED) is 0.309. The Balaban J connectivity index is 1.14. The molecule has 2 fully saturated rings. The highest BCUT2D eigenvalue weighted by atomic mass is 19.4. The largest absolute Gasteiger partial charge is 0.488 e. The molecule has 3 heterocycles. The average molecular weight is 626 g/mol. The van der Waals surface area contributed by atoms with Gasteiger partial charge >= 0.3 is 18.9 Å². The summed E-state index contributed by atoms with van der Waals surface area (Å²) >= 11 is 0. The third-order valence-corrected chi connectivity index (χ3v) is 7.58. The van der Waals surface area contributed by atoms with Crippen LogP contribution in [-0.4, -0.2) is 73.0 Å². The van der Waals surface area contributed by atoms with Crippen LogP contribution in [0.2, 0.25) is 0 Å². The lowest BCUT2D eigenvalue weighted by molar-refractivity contribution is -0.373. The molecule has 0 aliphatic heterocycles. The van der Waals surface area contributed by atoms with E-state index in [1.54, 1.807) is 0 Å². The van der Waals surface area contributed by atoms with Crippen LogP contribution in [0.1, 0.15) is 52.9 Å². The Morgan fingerprint density at radius 2 is 1.72 bits per heavy atom. The van der Waals surface area contributed by atoms with Crippen molar-refractivity contribution in [2.24, 2.45) is 11.1 Å². The minimum absolute atomic E-state index is 0.0815. The molecule has 2 saturated carbocycles. The second-order valence-corrected chi connectivity index (χ2v) is 10.6. The fraction of sp³-hybridized carbons (Fsp3) is 0.500. The zero-order valence-corrected chi connectivity index (χ0v) is 21.6. The highest BCUT2D eigenvalue weighted by molar-refractivity contribution is 6.00. The number of hydrogen-bond acceptors (Lipinski definition) is 7. The van der Waals surface area contributed by atoms with Gasteiger partial charge in [-0.3, -0.25) is 9.59 Å². The number of hydrogen-bond donors (Lipinski definition) is 3. The van der Waals surface area contributed by atoms with Crippen LogP contribution in [0, 0.1) is 5.41 Å². The first-order valence-corrected chi connectivity index (χ1v) is 12.5. The molecule has 2 aliphatic carbocycles. The van der Waals surface area contributed by atoms with E-state index < -0.39 is 54.8 Å². The lowest BCUT2D eigenvalue weighted by atomic mass is 9.53. The van der Waals surface area contributed by atoms with Crippen LogP contribution in [0.3, 0.4) is 0 Å². The number of amides is 2. The Bertz CT molecular complexity index is 1520. The Morgan fingerprint density at radius 3 is 2.30 bits per heavy atom. The third kappa shape index (κ3) is 5.52. The molecule has 3 aromatic heterocycles. The SMILES string of the molecule is NC(=O)c1cn(C(F)F)nc1OC1CC2(CC(NC(=O)c3cnn4cc(OCC(O)(C(F)(F)F)C(F)(F)F)ccc34)C2)C1. The molecule has 0 unspecified atom stereocenters. The number of aromatic nitrogens is 4. The van der Waals surface area contributed by atoms with Gasteiger partial charge in [0.15, 0.2) is 0 Å². The van der Waals surface area contributed by atoms with Crippen LogP contribution in [0.25, 0.3) is 5.52 Å². The average Bonchev–Trinajstić information content (AvgIpc) is 3.47. The summed E-state index contributed by atoms with van der Waals surface area (Å²) in [5.41, 5.74) is -0.0552. The maximum atomic E-state index is 12.9. The van der Waals surface area contributed by atoms with E-state index in [-0.39, 0.29) is 38.7 Å². The molecule has 0 saturated heterocycles. The van der Waals surface area contributed by atoms with E-state index in [2.05, 4.69) is 20.3 Å². The molecule has 0 aromatic carbocycles. The van der Waals surface area contributed by atoms with Crippen molar-refractivity contribution in [2.45, 2.75) is 62.3 Å². The topological polar surface area (TPSA) is 146 Å². The smallest absolute Gasteiger partial charge is 0.429 e. The van der Waals surface area contributed by atoms with Crippen molar-refractivity contribution in [3.63, 3.8) is 0 Å². The predicted molar refractivity (Wildman–Crippen MR) is 126 cm³/mol. The molecule has 3 aromatic rings. The molecule has 0 bridgehead atoms. The van der Waals surface area contributed by atoms with Crippen LogP contribution < -0.4 is 20.5 Å². The monoisotopic (exact) mass is 626 g/mol. The number of carbonyl (C=O) groups is 2. The van der Waals surface area contributed by atoms with Crippen LogP contribution in [-0.2, 0) is 0 Å². The number of primary amides is 1. The van der Waals surface area contributed by atoms with E-state index in [9.17, 15) is 49.8 Å². The summed E-state index contributed by atoms with van der Waals surface area (Å²) in [7, 11) is 0. The van der Waals surface area contributed by atoms with Crippen LogP contribution in [0.4, 0.5) is 35.1 Å². The van der Waals surface area contributed by atoms with Crippen LogP contribution in [0.5, 0.6) is 11.6 Å². The van der Waals surface area contributed by atoms with E-state index in [4.69, 9.17) is 10.5 Å². The summed E-state index contributed by atoms with van der Waals surface area (Å²) in [6.45, 7) is -5.13. The molecular formula is C24H22F8N6O5. The first-order chi connectivity index (χ1) is 19.9. The molecular weight excluding hydrogens is 604 g/mol. The number of alkyl halides is 8. The van der Waals surface area contributed by atoms with E-state index in [0.29, 0.717) is 25.7 Å². The number of aliphatic hydroxyl groups is 1. The molecule has 5 rings (SSSR count). The van der Waals surface area contributed by atoms with Gasteiger partial charge in [-0.05, 0) is 43.2 Å². The van der Waals surface area contributed by atoms with Crippen LogP contribution in [0.15, 0.2) is 30.7 Å². The van der Waals surface area contributed by atoms with Gasteiger partial charge in [-0.1, -0.05) is 0 Å². The number of pyridine rings is 1. The summed E-state index contributed by atoms with van der Waals surface area (Å²) in [5, 5.41) is 19.5. The molecule has 2 amide bonds. The Kier molecular flexibility index (Phi) is 7.21. The van der Waals surface area contributed by atoms with Crippen molar-refractivity contribution in [1.82, 2.24) is 24.7 Å². The summed E-state index contributed by atoms with van der Waals surface area (Å²) in [6, 6.07) is 2.01. The maximum absolute atomic E-state index is 12.9. The fourth-order valence-corrected chi connectivity index (χ4v) is 5.30. The minimum Gasteiger partial charge on any atom is -0.488 e. The van der Waals surface area contributed by atoms with Crippen molar-refractivity contribution < 1.29 is 59.3 Å². The highest BCUT2D eigenvalue weighted by Gasteiger charge is 2.71. The van der Waals surface area contributed by atoms with Gasteiger partial charge in [0, 0.05) is 12.2 Å². The predicted octanol–water partition coefficient (Wildman–Crippen LogP) is 3.38. The second kappa shape index (κ2) is 10.2. The van der Waals surface area contributed by atoms with E-state index in [1.807, 2.05) is 0 Å². The lowest BCUT2D eigenvalue weighted by Gasteiger charge is -2.57. The van der Waals surface area contributed by atoms with Crippen molar-refractivity contribution in [3.05, 3.63) is 41.9 Å². The van der Waals surface area contributed by atoms with Gasteiger partial charge < -0.3 is 25.6 Å². The molecule has 4 N–H and O–H groups in total. The van der Waals surface area contributed by atoms with E-state index >= 15 is 0 Å². The molecule has 19 heteroatoms. The van der Waals surface area contributed by atoms with E-state index in [1.165, 1.54) is 6.07 Å². The number of fused-ring (bicyclic) bond motifs is 1. The number of rotatable bonds is 9. The van der Waals surface area contributed by atoms with Gasteiger partial charge in [-0.15, -0.1) is 5.10 Å². The van der Waals surface area contributed by atoms with Gasteiger partial charge in [0.05, 0.1) is 23.5 Å². The third-order valence-electron chi connectivity index (χ3n) is 7.58. The Labute approximate surface area is 235 Å². The zero-order valence-electron chi connectivity index (χ0n) is 21.6. The maximum Gasteiger partial charge on any atom is 0.429 e. The minimum atomic E-state index is -6.05. The summed E-state index contributed by atoms with van der Waals surface area (Å²) < 4.78 is 115. The van der Waals surface area contributed by atoms with Crippen molar-refractivity contribution in [3.8, 4) is 11.6 Å². The second-order valence-electron chi connectivity index (χ2n) is 10.6. The normalized spacial score (nSPS) is 22.4. The number of nitrogens with one attached hydrogen (secondary N) is 1. The standard InChI is InChI=1S/C24H22F8N6O5/c25-20(26)38-9-15(17(33)39)19(36-38)43-13-5-21(6-13)3-11(4-21)35-18(40)14-7-34-37-8-12(1-2-16(14)37)42-10-22(41,23(27,28)29)24(30,31)32/h1-2,7-9,11,13,20,41H,3-6,10H2,(H2,33,39)(H,35,40). The van der Waals surface area contributed by atoms with Gasteiger partial charge in [0.2, 0.25) is 5.88 Å². The summed E-state index contributed by atoms with van der Waals surface area (Å²) in [4.78, 5) is 24.4. The summed E-state index contributed by atoms with van der Waals surface area (Å²) in [6.07, 6.45) is -7.36. The number of nitrogens with two attached hydrogens (primary N) is 1. The number of carbonyl (C=O) groups excluding carboxylic acids is 2. The number of halogens is 8. The van der Waals surface area contributed by atoms with Crippen molar-refractivity contribution >= 4 is 17.3 Å². The van der Waals surface area contributed by atoms with E-state index in [0.717, 1.165) is 29.2 Å². The highest BCUT2D eigenvalue weighted by Crippen LogP contribution is 2.57. The summed E-state index contributed by atoms with van der Waals surface area (Å²) in [5.74, 6) is -2.24.